The third kappa shape index (κ3) is 4.89. The molecule has 0 atom stereocenters. The monoisotopic (exact) mass is 511 g/mol. The van der Waals surface area contributed by atoms with Crippen LogP contribution in [0.4, 0.5) is 5.69 Å². The van der Waals surface area contributed by atoms with Crippen molar-refractivity contribution < 1.29 is 13.7 Å². The lowest BCUT2D eigenvalue weighted by Crippen LogP contribution is -2.33. The van der Waals surface area contributed by atoms with Gasteiger partial charge in [-0.05, 0) is 66.4 Å². The zero-order valence-corrected chi connectivity index (χ0v) is 22.2. The maximum Gasteiger partial charge on any atom is 0.374 e. The molecule has 0 saturated carbocycles. The van der Waals surface area contributed by atoms with Gasteiger partial charge in [-0.25, -0.2) is 0 Å². The van der Waals surface area contributed by atoms with Crippen LogP contribution in [-0.4, -0.2) is 6.54 Å². The molecule has 0 radical (unpaired) electrons. The standard InChI is InChI=1S/C35H31N2O2/c1-3-36-30-22-20-28(26-14-8-5-9-15-26)24-32(30)38-34(36)18-12-7-13-19-35-37(4-2)31-23-21-29(25-33(31)39-35)27-16-10-6-11-17-27/h5-25H,3-4H2,1-2H3/q+1. The Morgan fingerprint density at radius 1 is 0.718 bits per heavy atom. The van der Waals surface area contributed by atoms with Crippen molar-refractivity contribution in [3.05, 3.63) is 133 Å². The molecule has 39 heavy (non-hydrogen) atoms. The van der Waals surface area contributed by atoms with E-state index in [1.807, 2.05) is 42.5 Å². The largest absolute Gasteiger partial charge is 0.439 e. The first-order valence-corrected chi connectivity index (χ1v) is 13.5. The molecule has 1 aliphatic heterocycles. The maximum atomic E-state index is 6.25. The highest BCUT2D eigenvalue weighted by atomic mass is 16.5. The SMILES string of the molecule is CCN1/C(=C/C=C/C=C/c2oc3cc(-c4ccccc4)ccc3[n+]2CC)Oc2cc(-c3ccccc3)ccc21. The number of hydrogen-bond donors (Lipinski definition) is 0. The van der Waals surface area contributed by atoms with E-state index in [4.69, 9.17) is 9.15 Å². The van der Waals surface area contributed by atoms with Gasteiger partial charge in [0.05, 0.1) is 11.8 Å². The van der Waals surface area contributed by atoms with Gasteiger partial charge in [-0.2, -0.15) is 4.57 Å². The second-order valence-corrected chi connectivity index (χ2v) is 9.38. The molecular weight excluding hydrogens is 480 g/mol. The fraction of sp³-hybridized carbons (Fsp3) is 0.114. The summed E-state index contributed by atoms with van der Waals surface area (Å²) in [5.74, 6) is 2.53. The fourth-order valence-electron chi connectivity index (χ4n) is 5.07. The summed E-state index contributed by atoms with van der Waals surface area (Å²) in [4.78, 5) is 2.19. The molecule has 2 heterocycles. The van der Waals surface area contributed by atoms with Crippen LogP contribution in [-0.2, 0) is 6.54 Å². The van der Waals surface area contributed by atoms with Gasteiger partial charge < -0.3 is 14.1 Å². The highest BCUT2D eigenvalue weighted by Crippen LogP contribution is 2.41. The summed E-state index contributed by atoms with van der Waals surface area (Å²) in [7, 11) is 0. The quantitative estimate of drug-likeness (QED) is 0.162. The van der Waals surface area contributed by atoms with E-state index < -0.39 is 0 Å². The van der Waals surface area contributed by atoms with Crippen LogP contribution in [0.25, 0.3) is 39.4 Å². The topological polar surface area (TPSA) is 29.5 Å². The lowest BCUT2D eigenvalue weighted by atomic mass is 10.0. The first kappa shape index (κ1) is 24.5. The van der Waals surface area contributed by atoms with Gasteiger partial charge in [0.25, 0.3) is 5.52 Å². The lowest BCUT2D eigenvalue weighted by molar-refractivity contribution is -0.674. The third-order valence-corrected chi connectivity index (χ3v) is 7.01. The van der Waals surface area contributed by atoms with Crippen LogP contribution < -0.4 is 14.2 Å². The number of oxazole rings is 1. The van der Waals surface area contributed by atoms with Crippen molar-refractivity contribution >= 4 is 22.9 Å². The molecule has 6 rings (SSSR count). The normalized spacial score (nSPS) is 14.1. The summed E-state index contributed by atoms with van der Waals surface area (Å²) in [6.45, 7) is 5.92. The van der Waals surface area contributed by atoms with E-state index in [2.05, 4.69) is 108 Å². The molecule has 5 aromatic rings. The third-order valence-electron chi connectivity index (χ3n) is 7.01. The predicted molar refractivity (Wildman–Crippen MR) is 159 cm³/mol. The van der Waals surface area contributed by atoms with Gasteiger partial charge in [0, 0.05) is 12.6 Å². The smallest absolute Gasteiger partial charge is 0.374 e. The average molecular weight is 512 g/mol. The van der Waals surface area contributed by atoms with Gasteiger partial charge in [0.15, 0.2) is 5.75 Å². The fourth-order valence-corrected chi connectivity index (χ4v) is 5.07. The molecule has 0 amide bonds. The number of fused-ring (bicyclic) bond motifs is 2. The Hall–Kier alpha value is -4.83. The number of nitrogens with zero attached hydrogens (tertiary/aromatic N) is 2. The van der Waals surface area contributed by atoms with Gasteiger partial charge in [0.2, 0.25) is 11.5 Å². The van der Waals surface area contributed by atoms with Gasteiger partial charge in [0.1, 0.15) is 6.54 Å². The second kappa shape index (κ2) is 10.9. The number of ether oxygens (including phenoxy) is 1. The molecule has 1 aliphatic rings. The zero-order chi connectivity index (χ0) is 26.6. The van der Waals surface area contributed by atoms with Gasteiger partial charge in [-0.3, -0.25) is 0 Å². The molecule has 0 N–H and O–H groups in total. The highest BCUT2D eigenvalue weighted by Gasteiger charge is 2.25. The molecule has 0 saturated heterocycles. The Bertz CT molecular complexity index is 1700. The van der Waals surface area contributed by atoms with Crippen LogP contribution in [0.3, 0.4) is 0 Å². The summed E-state index contributed by atoms with van der Waals surface area (Å²) in [5.41, 5.74) is 7.73. The zero-order valence-electron chi connectivity index (χ0n) is 22.2. The van der Waals surface area contributed by atoms with E-state index in [1.165, 1.54) is 11.1 Å². The van der Waals surface area contributed by atoms with E-state index in [1.54, 1.807) is 0 Å². The number of hydrogen-bond acceptors (Lipinski definition) is 3. The van der Waals surface area contributed by atoms with Crippen LogP contribution in [0.15, 0.2) is 132 Å². The van der Waals surface area contributed by atoms with Crippen molar-refractivity contribution in [1.29, 1.82) is 0 Å². The van der Waals surface area contributed by atoms with E-state index in [0.717, 1.165) is 58.5 Å². The number of aromatic nitrogens is 1. The Balaban J connectivity index is 1.20. The molecule has 4 aromatic carbocycles. The maximum absolute atomic E-state index is 6.25. The van der Waals surface area contributed by atoms with Crippen LogP contribution in [0.5, 0.6) is 5.75 Å². The number of anilines is 1. The van der Waals surface area contributed by atoms with E-state index >= 15 is 0 Å². The molecule has 0 bridgehead atoms. The van der Waals surface area contributed by atoms with Crippen molar-refractivity contribution in [2.75, 3.05) is 11.4 Å². The number of rotatable bonds is 7. The predicted octanol–water partition coefficient (Wildman–Crippen LogP) is 8.40. The molecule has 4 heteroatoms. The molecule has 0 spiro atoms. The molecule has 4 nitrogen and oxygen atoms in total. The lowest BCUT2D eigenvalue weighted by Gasteiger charge is -2.15. The summed E-state index contributed by atoms with van der Waals surface area (Å²) >= 11 is 0. The molecule has 0 aliphatic carbocycles. The average Bonchev–Trinajstić information content (AvgIpc) is 3.53. The van der Waals surface area contributed by atoms with E-state index in [0.29, 0.717) is 0 Å². The van der Waals surface area contributed by atoms with E-state index in [-0.39, 0.29) is 0 Å². The summed E-state index contributed by atoms with van der Waals surface area (Å²) in [6, 6.07) is 33.6. The number of benzene rings is 4. The van der Waals surface area contributed by atoms with Gasteiger partial charge in [-0.1, -0.05) is 85.0 Å². The molecule has 1 aromatic heterocycles. The minimum Gasteiger partial charge on any atom is -0.439 e. The summed E-state index contributed by atoms with van der Waals surface area (Å²) in [5, 5.41) is 0. The van der Waals surface area contributed by atoms with Crippen molar-refractivity contribution in [2.24, 2.45) is 0 Å². The van der Waals surface area contributed by atoms with Crippen molar-refractivity contribution in [3.63, 3.8) is 0 Å². The Labute approximate surface area is 229 Å². The first-order chi connectivity index (χ1) is 19.2. The Kier molecular flexibility index (Phi) is 6.84. The van der Waals surface area contributed by atoms with Crippen LogP contribution in [0.1, 0.15) is 19.7 Å². The highest BCUT2D eigenvalue weighted by molar-refractivity contribution is 5.79. The van der Waals surface area contributed by atoms with Crippen LogP contribution in [0, 0.1) is 0 Å². The number of allylic oxidation sites excluding steroid dienone is 4. The van der Waals surface area contributed by atoms with Crippen LogP contribution >= 0.6 is 0 Å². The Morgan fingerprint density at radius 2 is 1.41 bits per heavy atom. The Morgan fingerprint density at radius 3 is 2.10 bits per heavy atom. The minimum atomic E-state index is 0.822. The van der Waals surface area contributed by atoms with Gasteiger partial charge in [-0.15, -0.1) is 0 Å². The van der Waals surface area contributed by atoms with Crippen molar-refractivity contribution in [2.45, 2.75) is 20.4 Å². The summed E-state index contributed by atoms with van der Waals surface area (Å²) in [6.07, 6.45) is 10.0. The van der Waals surface area contributed by atoms with Crippen molar-refractivity contribution in [1.82, 2.24) is 0 Å². The second-order valence-electron chi connectivity index (χ2n) is 9.38. The summed E-state index contributed by atoms with van der Waals surface area (Å²) < 4.78 is 14.7. The molecule has 192 valence electrons. The van der Waals surface area contributed by atoms with E-state index in [9.17, 15) is 0 Å². The van der Waals surface area contributed by atoms with Crippen molar-refractivity contribution in [3.8, 4) is 28.0 Å². The molecule has 0 fully saturated rings. The van der Waals surface area contributed by atoms with Crippen LogP contribution in [0.2, 0.25) is 0 Å². The molecular formula is C35H31N2O2+. The minimum absolute atomic E-state index is 0.822. The first-order valence-electron chi connectivity index (χ1n) is 13.5. The number of aryl methyl sites for hydroxylation is 1. The van der Waals surface area contributed by atoms with Gasteiger partial charge >= 0.3 is 5.89 Å². The molecule has 0 unspecified atom stereocenters.